The normalized spacial score (nSPS) is 25.2. The van der Waals surface area contributed by atoms with E-state index in [0.717, 1.165) is 13.1 Å². The smallest absolute Gasteiger partial charge is 0.224 e. The molecule has 1 rings (SSSR count). The summed E-state index contributed by atoms with van der Waals surface area (Å²) in [7, 11) is 0. The first-order chi connectivity index (χ1) is 5.74. The second-order valence-corrected chi connectivity index (χ2v) is 3.19. The van der Waals surface area contributed by atoms with Crippen molar-refractivity contribution in [1.29, 1.82) is 0 Å². The quantitative estimate of drug-likeness (QED) is 0.605. The second-order valence-electron chi connectivity index (χ2n) is 3.19. The van der Waals surface area contributed by atoms with Crippen molar-refractivity contribution in [1.82, 2.24) is 10.2 Å². The number of amides is 1. The molecular formula is C9H16N2O. The fourth-order valence-electron chi connectivity index (χ4n) is 1.41. The predicted molar refractivity (Wildman–Crippen MR) is 48.9 cm³/mol. The van der Waals surface area contributed by atoms with E-state index >= 15 is 0 Å². The molecule has 0 aromatic heterocycles. The maximum absolute atomic E-state index is 11.4. The molecule has 1 heterocycles. The fraction of sp³-hybridized carbons (Fsp3) is 0.667. The van der Waals surface area contributed by atoms with Crippen LogP contribution in [0.5, 0.6) is 0 Å². The van der Waals surface area contributed by atoms with Crippen molar-refractivity contribution in [3.8, 4) is 0 Å². The van der Waals surface area contributed by atoms with E-state index in [1.54, 1.807) is 6.08 Å². The van der Waals surface area contributed by atoms with E-state index in [2.05, 4.69) is 18.8 Å². The van der Waals surface area contributed by atoms with E-state index in [1.165, 1.54) is 0 Å². The maximum atomic E-state index is 11.4. The Labute approximate surface area is 73.4 Å². The van der Waals surface area contributed by atoms with Gasteiger partial charge in [-0.05, 0) is 6.92 Å². The molecule has 3 nitrogen and oxygen atoms in total. The van der Waals surface area contributed by atoms with Gasteiger partial charge in [-0.3, -0.25) is 4.79 Å². The van der Waals surface area contributed by atoms with Crippen LogP contribution in [0.3, 0.4) is 0 Å². The third-order valence-corrected chi connectivity index (χ3v) is 2.03. The molecule has 0 aromatic rings. The van der Waals surface area contributed by atoms with Crippen LogP contribution in [0.4, 0.5) is 0 Å². The first-order valence-electron chi connectivity index (χ1n) is 4.36. The van der Waals surface area contributed by atoms with Crippen LogP contribution in [0.1, 0.15) is 13.3 Å². The minimum absolute atomic E-state index is 0.228. The molecule has 68 valence electrons. The van der Waals surface area contributed by atoms with Crippen molar-refractivity contribution in [3.05, 3.63) is 12.7 Å². The summed E-state index contributed by atoms with van der Waals surface area (Å²) in [5.74, 6) is 0.228. The van der Waals surface area contributed by atoms with Crippen molar-refractivity contribution >= 4 is 5.91 Å². The molecule has 0 aliphatic carbocycles. The zero-order valence-electron chi connectivity index (χ0n) is 7.55. The van der Waals surface area contributed by atoms with Crippen molar-refractivity contribution in [2.24, 2.45) is 0 Å². The molecular weight excluding hydrogens is 152 g/mol. The topological polar surface area (TPSA) is 32.3 Å². The minimum Gasteiger partial charge on any atom is -0.337 e. The molecule has 0 radical (unpaired) electrons. The third-order valence-electron chi connectivity index (χ3n) is 2.03. The van der Waals surface area contributed by atoms with Crippen LogP contribution >= 0.6 is 0 Å². The van der Waals surface area contributed by atoms with Gasteiger partial charge in [-0.2, -0.15) is 0 Å². The van der Waals surface area contributed by atoms with Crippen LogP contribution in [-0.4, -0.2) is 36.5 Å². The molecule has 3 heteroatoms. The average molecular weight is 168 g/mol. The summed E-state index contributed by atoms with van der Waals surface area (Å²) in [5, 5.41) is 3.27. The van der Waals surface area contributed by atoms with Crippen LogP contribution in [-0.2, 0) is 4.79 Å². The van der Waals surface area contributed by atoms with Crippen LogP contribution in [0.2, 0.25) is 0 Å². The number of hydrogen-bond donors (Lipinski definition) is 1. The van der Waals surface area contributed by atoms with Gasteiger partial charge < -0.3 is 10.2 Å². The Balaban J connectivity index is 2.54. The summed E-state index contributed by atoms with van der Waals surface area (Å²) in [6, 6.07) is 0.399. The molecule has 1 unspecified atom stereocenters. The van der Waals surface area contributed by atoms with Crippen LogP contribution in [0.25, 0.3) is 0 Å². The van der Waals surface area contributed by atoms with Crippen LogP contribution in [0.15, 0.2) is 12.7 Å². The summed E-state index contributed by atoms with van der Waals surface area (Å²) in [4.78, 5) is 13.2. The highest BCUT2D eigenvalue weighted by Crippen LogP contribution is 2.01. The zero-order chi connectivity index (χ0) is 8.97. The molecule has 1 fully saturated rings. The van der Waals surface area contributed by atoms with E-state index in [9.17, 15) is 4.79 Å². The van der Waals surface area contributed by atoms with Gasteiger partial charge in [0.25, 0.3) is 0 Å². The van der Waals surface area contributed by atoms with Gasteiger partial charge in [0, 0.05) is 32.1 Å². The third kappa shape index (κ3) is 2.34. The summed E-state index contributed by atoms with van der Waals surface area (Å²) in [5.41, 5.74) is 0. The molecule has 0 aromatic carbocycles. The minimum atomic E-state index is 0.228. The Morgan fingerprint density at radius 1 is 1.83 bits per heavy atom. The molecule has 0 bridgehead atoms. The van der Waals surface area contributed by atoms with E-state index in [4.69, 9.17) is 0 Å². The number of rotatable bonds is 2. The summed E-state index contributed by atoms with van der Waals surface area (Å²) in [6.45, 7) is 7.99. The molecule has 1 aliphatic rings. The van der Waals surface area contributed by atoms with Gasteiger partial charge in [-0.15, -0.1) is 6.58 Å². The largest absolute Gasteiger partial charge is 0.337 e. The lowest BCUT2D eigenvalue weighted by atomic mass is 10.3. The zero-order valence-corrected chi connectivity index (χ0v) is 7.55. The lowest BCUT2D eigenvalue weighted by molar-refractivity contribution is -0.130. The van der Waals surface area contributed by atoms with E-state index in [-0.39, 0.29) is 5.91 Å². The lowest BCUT2D eigenvalue weighted by Crippen LogP contribution is -2.37. The van der Waals surface area contributed by atoms with Gasteiger partial charge in [0.2, 0.25) is 5.91 Å². The first-order valence-corrected chi connectivity index (χ1v) is 4.36. The standard InChI is InChI=1S/C9H16N2O/c1-3-6-11-7-8(2)10-5-4-9(11)12/h3,8,10H,1,4-7H2,2H3. The molecule has 1 aliphatic heterocycles. The summed E-state index contributed by atoms with van der Waals surface area (Å²) >= 11 is 0. The molecule has 0 saturated carbocycles. The Morgan fingerprint density at radius 3 is 3.25 bits per heavy atom. The fourth-order valence-corrected chi connectivity index (χ4v) is 1.41. The number of carbonyl (C=O) groups is 1. The van der Waals surface area contributed by atoms with Gasteiger partial charge in [0.1, 0.15) is 0 Å². The molecule has 12 heavy (non-hydrogen) atoms. The predicted octanol–water partition coefficient (Wildman–Crippen LogP) is 0.383. The second kappa shape index (κ2) is 4.26. The van der Waals surface area contributed by atoms with Crippen LogP contribution < -0.4 is 5.32 Å². The Bertz CT molecular complexity index is 179. The summed E-state index contributed by atoms with van der Waals surface area (Å²) < 4.78 is 0. The number of hydrogen-bond acceptors (Lipinski definition) is 2. The van der Waals surface area contributed by atoms with Gasteiger partial charge in [0.15, 0.2) is 0 Å². The lowest BCUT2D eigenvalue weighted by Gasteiger charge is -2.20. The summed E-state index contributed by atoms with van der Waals surface area (Å²) in [6.07, 6.45) is 2.38. The molecule has 1 amide bonds. The Kier molecular flexibility index (Phi) is 3.29. The maximum Gasteiger partial charge on any atom is 0.224 e. The molecule has 0 spiro atoms. The monoisotopic (exact) mass is 168 g/mol. The van der Waals surface area contributed by atoms with Gasteiger partial charge in [-0.25, -0.2) is 0 Å². The van der Waals surface area contributed by atoms with Gasteiger partial charge >= 0.3 is 0 Å². The highest BCUT2D eigenvalue weighted by molar-refractivity contribution is 5.76. The number of nitrogens with zero attached hydrogens (tertiary/aromatic N) is 1. The number of nitrogens with one attached hydrogen (secondary N) is 1. The van der Waals surface area contributed by atoms with Crippen molar-refractivity contribution in [2.75, 3.05) is 19.6 Å². The Hall–Kier alpha value is -0.830. The van der Waals surface area contributed by atoms with E-state index < -0.39 is 0 Å². The molecule has 1 saturated heterocycles. The number of carbonyl (C=O) groups excluding carboxylic acids is 1. The molecule has 1 atom stereocenters. The van der Waals surface area contributed by atoms with Gasteiger partial charge in [0.05, 0.1) is 0 Å². The SMILES string of the molecule is C=CCN1CC(C)NCCC1=O. The van der Waals surface area contributed by atoms with Gasteiger partial charge in [-0.1, -0.05) is 6.08 Å². The van der Waals surface area contributed by atoms with Crippen molar-refractivity contribution in [2.45, 2.75) is 19.4 Å². The first kappa shape index (κ1) is 9.26. The highest BCUT2D eigenvalue weighted by atomic mass is 16.2. The van der Waals surface area contributed by atoms with Crippen molar-refractivity contribution in [3.63, 3.8) is 0 Å². The Morgan fingerprint density at radius 2 is 2.58 bits per heavy atom. The van der Waals surface area contributed by atoms with Crippen LogP contribution in [0, 0.1) is 0 Å². The van der Waals surface area contributed by atoms with E-state index in [1.807, 2.05) is 4.90 Å². The highest BCUT2D eigenvalue weighted by Gasteiger charge is 2.18. The van der Waals surface area contributed by atoms with E-state index in [0.29, 0.717) is 19.0 Å². The average Bonchev–Trinajstić information content (AvgIpc) is 2.16. The molecule has 1 N–H and O–H groups in total. The van der Waals surface area contributed by atoms with Crippen molar-refractivity contribution < 1.29 is 4.79 Å².